The predicted octanol–water partition coefficient (Wildman–Crippen LogP) is 2.44. The van der Waals surface area contributed by atoms with Crippen LogP contribution in [0.5, 0.6) is 0 Å². The Morgan fingerprint density at radius 1 is 1.43 bits per heavy atom. The number of nitrogens with one attached hydrogen (secondary N) is 2. The number of aliphatic hydroxyl groups is 1. The van der Waals surface area contributed by atoms with Gasteiger partial charge in [0.15, 0.2) is 0 Å². The second kappa shape index (κ2) is 7.13. The zero-order chi connectivity index (χ0) is 15.3. The van der Waals surface area contributed by atoms with Crippen LogP contribution in [0.2, 0.25) is 0 Å². The van der Waals surface area contributed by atoms with Crippen molar-refractivity contribution in [1.29, 1.82) is 0 Å². The first-order valence-corrected chi connectivity index (χ1v) is 8.06. The Morgan fingerprint density at radius 2 is 2.14 bits per heavy atom. The Hall–Kier alpha value is -1.27. The molecule has 1 aromatic rings. The standard InChI is InChI=1S/C15H21FN2O2S/c1-15(7-2-8-21-15)10-18-14(20)17-9-13(19)11-3-5-12(16)6-4-11/h3-6,13,19H,2,7-10H2,1H3,(H2,17,18,20). The van der Waals surface area contributed by atoms with Crippen LogP contribution in [0.3, 0.4) is 0 Å². The third kappa shape index (κ3) is 4.89. The van der Waals surface area contributed by atoms with Crippen molar-refractivity contribution in [3.8, 4) is 0 Å². The Balaban J connectivity index is 1.72. The number of rotatable bonds is 5. The van der Waals surface area contributed by atoms with Gasteiger partial charge in [-0.3, -0.25) is 0 Å². The Morgan fingerprint density at radius 3 is 2.76 bits per heavy atom. The molecular weight excluding hydrogens is 291 g/mol. The molecule has 0 bridgehead atoms. The highest BCUT2D eigenvalue weighted by molar-refractivity contribution is 8.00. The average molecular weight is 312 g/mol. The number of amides is 2. The zero-order valence-corrected chi connectivity index (χ0v) is 12.9. The maximum absolute atomic E-state index is 12.8. The normalized spacial score (nSPS) is 22.8. The summed E-state index contributed by atoms with van der Waals surface area (Å²) in [7, 11) is 0. The Kier molecular flexibility index (Phi) is 5.47. The molecule has 0 aromatic heterocycles. The zero-order valence-electron chi connectivity index (χ0n) is 12.1. The molecule has 1 aromatic carbocycles. The highest BCUT2D eigenvalue weighted by Crippen LogP contribution is 2.36. The van der Waals surface area contributed by atoms with Crippen LogP contribution >= 0.6 is 11.8 Å². The van der Waals surface area contributed by atoms with E-state index in [9.17, 15) is 14.3 Å². The first-order valence-electron chi connectivity index (χ1n) is 7.08. The van der Waals surface area contributed by atoms with Crippen LogP contribution in [-0.2, 0) is 0 Å². The number of urea groups is 1. The molecule has 0 saturated carbocycles. The lowest BCUT2D eigenvalue weighted by Gasteiger charge is -2.23. The molecule has 1 heterocycles. The lowest BCUT2D eigenvalue weighted by molar-refractivity contribution is 0.173. The number of hydrogen-bond acceptors (Lipinski definition) is 3. The van der Waals surface area contributed by atoms with Crippen molar-refractivity contribution in [3.63, 3.8) is 0 Å². The van der Waals surface area contributed by atoms with Crippen molar-refractivity contribution < 1.29 is 14.3 Å². The number of hydrogen-bond donors (Lipinski definition) is 3. The van der Waals surface area contributed by atoms with Gasteiger partial charge in [0, 0.05) is 17.8 Å². The molecule has 1 aliphatic heterocycles. The van der Waals surface area contributed by atoms with E-state index >= 15 is 0 Å². The molecule has 116 valence electrons. The van der Waals surface area contributed by atoms with Gasteiger partial charge in [-0.2, -0.15) is 11.8 Å². The maximum Gasteiger partial charge on any atom is 0.314 e. The van der Waals surface area contributed by atoms with Crippen molar-refractivity contribution in [2.75, 3.05) is 18.8 Å². The van der Waals surface area contributed by atoms with Gasteiger partial charge in [0.2, 0.25) is 0 Å². The van der Waals surface area contributed by atoms with Crippen molar-refractivity contribution in [2.45, 2.75) is 30.6 Å². The van der Waals surface area contributed by atoms with Crippen molar-refractivity contribution >= 4 is 17.8 Å². The van der Waals surface area contributed by atoms with E-state index in [1.165, 1.54) is 30.7 Å². The summed E-state index contributed by atoms with van der Waals surface area (Å²) in [5.74, 6) is 0.794. The summed E-state index contributed by atoms with van der Waals surface area (Å²) in [6, 6.07) is 5.31. The van der Waals surface area contributed by atoms with Crippen LogP contribution in [0.25, 0.3) is 0 Å². The third-order valence-corrected chi connectivity index (χ3v) is 5.17. The molecule has 2 rings (SSSR count). The van der Waals surface area contributed by atoms with Crippen LogP contribution < -0.4 is 10.6 Å². The maximum atomic E-state index is 12.8. The van der Waals surface area contributed by atoms with E-state index in [0.29, 0.717) is 12.1 Å². The molecule has 21 heavy (non-hydrogen) atoms. The lowest BCUT2D eigenvalue weighted by Crippen LogP contribution is -2.43. The first-order chi connectivity index (χ1) is 9.98. The molecule has 0 radical (unpaired) electrons. The molecule has 3 N–H and O–H groups in total. The van der Waals surface area contributed by atoms with Crippen LogP contribution in [-0.4, -0.2) is 34.7 Å². The number of aliphatic hydroxyl groups excluding tert-OH is 1. The highest BCUT2D eigenvalue weighted by Gasteiger charge is 2.29. The van der Waals surface area contributed by atoms with Gasteiger partial charge < -0.3 is 15.7 Å². The van der Waals surface area contributed by atoms with Gasteiger partial charge >= 0.3 is 6.03 Å². The van der Waals surface area contributed by atoms with Crippen molar-refractivity contribution in [3.05, 3.63) is 35.6 Å². The molecule has 6 heteroatoms. The minimum absolute atomic E-state index is 0.0985. The number of thioether (sulfide) groups is 1. The Labute approximate surface area is 128 Å². The molecule has 2 amide bonds. The lowest BCUT2D eigenvalue weighted by atomic mass is 10.1. The molecule has 4 nitrogen and oxygen atoms in total. The minimum atomic E-state index is -0.840. The van der Waals surface area contributed by atoms with Crippen LogP contribution in [0.4, 0.5) is 9.18 Å². The van der Waals surface area contributed by atoms with E-state index in [0.717, 1.165) is 12.2 Å². The highest BCUT2D eigenvalue weighted by atomic mass is 32.2. The SMILES string of the molecule is CC1(CNC(=O)NCC(O)c2ccc(F)cc2)CCCS1. The second-order valence-corrected chi connectivity index (χ2v) is 7.22. The molecule has 2 atom stereocenters. The number of halogens is 1. The van der Waals surface area contributed by atoms with E-state index in [1.54, 1.807) is 0 Å². The van der Waals surface area contributed by atoms with Gasteiger partial charge in [-0.25, -0.2) is 9.18 Å². The van der Waals surface area contributed by atoms with Gasteiger partial charge in [0.1, 0.15) is 5.82 Å². The molecule has 2 unspecified atom stereocenters. The second-order valence-electron chi connectivity index (χ2n) is 5.53. The van der Waals surface area contributed by atoms with Gasteiger partial charge in [0.05, 0.1) is 6.10 Å². The van der Waals surface area contributed by atoms with E-state index in [1.807, 2.05) is 11.8 Å². The number of carbonyl (C=O) groups is 1. The fraction of sp³-hybridized carbons (Fsp3) is 0.533. The van der Waals surface area contributed by atoms with Crippen LogP contribution in [0.15, 0.2) is 24.3 Å². The van der Waals surface area contributed by atoms with Gasteiger partial charge in [0.25, 0.3) is 0 Å². The van der Waals surface area contributed by atoms with E-state index in [2.05, 4.69) is 17.6 Å². The minimum Gasteiger partial charge on any atom is -0.387 e. The average Bonchev–Trinajstić information content (AvgIpc) is 2.91. The predicted molar refractivity (Wildman–Crippen MR) is 82.9 cm³/mol. The van der Waals surface area contributed by atoms with Gasteiger partial charge in [-0.15, -0.1) is 0 Å². The van der Waals surface area contributed by atoms with E-state index in [4.69, 9.17) is 0 Å². The molecule has 1 saturated heterocycles. The monoisotopic (exact) mass is 312 g/mol. The molecule has 0 aliphatic carbocycles. The summed E-state index contributed by atoms with van der Waals surface area (Å²) in [5, 5.41) is 15.4. The van der Waals surface area contributed by atoms with Crippen molar-refractivity contribution in [2.24, 2.45) is 0 Å². The first kappa shape index (κ1) is 16.1. The molecular formula is C15H21FN2O2S. The summed E-state index contributed by atoms with van der Waals surface area (Å²) < 4.78 is 12.9. The largest absolute Gasteiger partial charge is 0.387 e. The number of benzene rings is 1. The Bertz CT molecular complexity index is 475. The summed E-state index contributed by atoms with van der Waals surface area (Å²) in [6.07, 6.45) is 1.46. The van der Waals surface area contributed by atoms with E-state index in [-0.39, 0.29) is 23.1 Å². The quantitative estimate of drug-likeness (QED) is 0.782. The molecule has 1 fully saturated rings. The smallest absolute Gasteiger partial charge is 0.314 e. The summed E-state index contributed by atoms with van der Waals surface area (Å²) in [4.78, 5) is 11.7. The van der Waals surface area contributed by atoms with Crippen LogP contribution in [0, 0.1) is 5.82 Å². The molecule has 1 aliphatic rings. The molecule has 0 spiro atoms. The summed E-state index contributed by atoms with van der Waals surface area (Å²) in [6.45, 7) is 2.87. The van der Waals surface area contributed by atoms with E-state index < -0.39 is 6.10 Å². The van der Waals surface area contributed by atoms with Crippen LogP contribution in [0.1, 0.15) is 31.4 Å². The summed E-state index contributed by atoms with van der Waals surface area (Å²) in [5.41, 5.74) is 0.579. The fourth-order valence-corrected chi connectivity index (χ4v) is 3.54. The van der Waals surface area contributed by atoms with Crippen molar-refractivity contribution in [1.82, 2.24) is 10.6 Å². The summed E-state index contributed by atoms with van der Waals surface area (Å²) >= 11 is 1.88. The topological polar surface area (TPSA) is 61.4 Å². The fourth-order valence-electron chi connectivity index (χ4n) is 2.30. The van der Waals surface area contributed by atoms with Gasteiger partial charge in [-0.1, -0.05) is 12.1 Å². The third-order valence-electron chi connectivity index (χ3n) is 3.63. The number of carbonyl (C=O) groups excluding carboxylic acids is 1. The van der Waals surface area contributed by atoms with Gasteiger partial charge in [-0.05, 0) is 43.2 Å².